The Morgan fingerprint density at radius 1 is 1.03 bits per heavy atom. The van der Waals surface area contributed by atoms with Crippen LogP contribution in [-0.4, -0.2) is 37.8 Å². The normalized spacial score (nSPS) is 11.1. The molecule has 0 radical (unpaired) electrons. The van der Waals surface area contributed by atoms with Gasteiger partial charge in [0, 0.05) is 37.3 Å². The zero-order valence-corrected chi connectivity index (χ0v) is 20.7. The molecule has 0 aliphatic heterocycles. The maximum absolute atomic E-state index is 5.88. The molecule has 7 heteroatoms. The van der Waals surface area contributed by atoms with Gasteiger partial charge in [-0.1, -0.05) is 36.4 Å². The monoisotopic (exact) mass is 534 g/mol. The van der Waals surface area contributed by atoms with Crippen LogP contribution in [0.15, 0.2) is 59.7 Å². The van der Waals surface area contributed by atoms with E-state index in [2.05, 4.69) is 65.9 Å². The summed E-state index contributed by atoms with van der Waals surface area (Å²) in [5.74, 6) is 1.61. The van der Waals surface area contributed by atoms with Gasteiger partial charge < -0.3 is 20.1 Å². The molecule has 0 saturated heterocycles. The third kappa shape index (κ3) is 7.36. The van der Waals surface area contributed by atoms with Gasteiger partial charge in [0.2, 0.25) is 0 Å². The molecule has 3 rings (SSSR count). The number of para-hydroxylation sites is 1. The lowest BCUT2D eigenvalue weighted by Crippen LogP contribution is -2.36. The topological polar surface area (TPSA) is 67.8 Å². The van der Waals surface area contributed by atoms with E-state index in [0.717, 1.165) is 45.8 Å². The molecule has 166 valence electrons. The third-order valence-corrected chi connectivity index (χ3v) is 4.68. The minimum absolute atomic E-state index is 0. The van der Waals surface area contributed by atoms with Crippen LogP contribution in [0.5, 0.6) is 5.75 Å². The molecule has 0 saturated carbocycles. The van der Waals surface area contributed by atoms with Crippen LogP contribution in [0.2, 0.25) is 0 Å². The average molecular weight is 534 g/mol. The summed E-state index contributed by atoms with van der Waals surface area (Å²) in [5, 5.41) is 7.87. The number of aryl methyl sites for hydroxylation is 1. The van der Waals surface area contributed by atoms with Gasteiger partial charge >= 0.3 is 0 Å². The Balaban J connectivity index is 0.00000341. The predicted octanol–water partition coefficient (Wildman–Crippen LogP) is 4.44. The molecule has 31 heavy (non-hydrogen) atoms. The second-order valence-corrected chi connectivity index (χ2v) is 6.99. The van der Waals surface area contributed by atoms with Crippen molar-refractivity contribution in [1.82, 2.24) is 15.6 Å². The van der Waals surface area contributed by atoms with E-state index in [4.69, 9.17) is 14.5 Å². The summed E-state index contributed by atoms with van der Waals surface area (Å²) in [6, 6.07) is 16.5. The molecule has 0 amide bonds. The molecule has 1 heterocycles. The van der Waals surface area contributed by atoms with E-state index in [1.165, 1.54) is 0 Å². The van der Waals surface area contributed by atoms with Crippen molar-refractivity contribution in [2.24, 2.45) is 4.99 Å². The molecule has 0 atom stereocenters. The molecule has 0 aliphatic carbocycles. The van der Waals surface area contributed by atoms with Crippen LogP contribution in [0.3, 0.4) is 0 Å². The lowest BCUT2D eigenvalue weighted by atomic mass is 10.1. The molecule has 2 aromatic carbocycles. The Kier molecular flexibility index (Phi) is 10.5. The zero-order chi connectivity index (χ0) is 21.2. The van der Waals surface area contributed by atoms with Crippen LogP contribution in [0.25, 0.3) is 10.9 Å². The number of benzene rings is 2. The summed E-state index contributed by atoms with van der Waals surface area (Å²) >= 11 is 0. The Bertz CT molecular complexity index is 989. The van der Waals surface area contributed by atoms with Crippen molar-refractivity contribution in [2.45, 2.75) is 26.9 Å². The van der Waals surface area contributed by atoms with E-state index in [0.29, 0.717) is 26.3 Å². The largest absolute Gasteiger partial charge is 0.491 e. The molecule has 0 unspecified atom stereocenters. The fraction of sp³-hybridized carbons (Fsp3) is 0.333. The summed E-state index contributed by atoms with van der Waals surface area (Å²) in [7, 11) is 1.67. The number of aliphatic imine (C=N–C) groups is 1. The standard InChI is InChI=1S/C24H30N4O2.HI/c1-4-25-24(28-17-21-8-5-7-19-9-6-12-26-23(19)21)27-16-20-11-10-18(2)15-22(20)30-14-13-29-3;/h5-12,15H,4,13-14,16-17H2,1-3H3,(H2,25,27,28);1H. The number of pyridine rings is 1. The highest BCUT2D eigenvalue weighted by atomic mass is 127. The van der Waals surface area contributed by atoms with Gasteiger partial charge in [0.05, 0.1) is 18.7 Å². The van der Waals surface area contributed by atoms with Crippen LogP contribution in [-0.2, 0) is 17.8 Å². The van der Waals surface area contributed by atoms with Gasteiger partial charge in [0.15, 0.2) is 5.96 Å². The maximum atomic E-state index is 5.88. The number of halogens is 1. The van der Waals surface area contributed by atoms with Crippen molar-refractivity contribution >= 4 is 40.8 Å². The number of nitrogens with zero attached hydrogens (tertiary/aromatic N) is 2. The molecule has 0 bridgehead atoms. The minimum Gasteiger partial charge on any atom is -0.491 e. The number of methoxy groups -OCH3 is 1. The van der Waals surface area contributed by atoms with Gasteiger partial charge in [0.25, 0.3) is 0 Å². The first-order chi connectivity index (χ1) is 14.7. The zero-order valence-electron chi connectivity index (χ0n) is 18.4. The van der Waals surface area contributed by atoms with Gasteiger partial charge in [-0.15, -0.1) is 24.0 Å². The number of nitrogens with one attached hydrogen (secondary N) is 2. The first-order valence-corrected chi connectivity index (χ1v) is 10.3. The van der Waals surface area contributed by atoms with Crippen molar-refractivity contribution in [2.75, 3.05) is 26.9 Å². The Labute approximate surface area is 201 Å². The van der Waals surface area contributed by atoms with E-state index >= 15 is 0 Å². The van der Waals surface area contributed by atoms with E-state index < -0.39 is 0 Å². The molecule has 0 aliphatic rings. The van der Waals surface area contributed by atoms with E-state index in [-0.39, 0.29) is 24.0 Å². The SMILES string of the molecule is CCNC(=NCc1ccc(C)cc1OCCOC)NCc1cccc2cccnc12.I. The van der Waals surface area contributed by atoms with Crippen LogP contribution in [0.1, 0.15) is 23.6 Å². The third-order valence-electron chi connectivity index (χ3n) is 4.68. The highest BCUT2D eigenvalue weighted by Gasteiger charge is 2.07. The van der Waals surface area contributed by atoms with Gasteiger partial charge in [0.1, 0.15) is 12.4 Å². The molecule has 6 nitrogen and oxygen atoms in total. The fourth-order valence-corrected chi connectivity index (χ4v) is 3.16. The van der Waals surface area contributed by atoms with Crippen molar-refractivity contribution in [3.63, 3.8) is 0 Å². The van der Waals surface area contributed by atoms with Crippen molar-refractivity contribution < 1.29 is 9.47 Å². The lowest BCUT2D eigenvalue weighted by molar-refractivity contribution is 0.145. The van der Waals surface area contributed by atoms with E-state index in [1.54, 1.807) is 7.11 Å². The van der Waals surface area contributed by atoms with Gasteiger partial charge in [-0.3, -0.25) is 4.98 Å². The average Bonchev–Trinajstić information content (AvgIpc) is 2.77. The first-order valence-electron chi connectivity index (χ1n) is 10.3. The summed E-state index contributed by atoms with van der Waals surface area (Å²) in [6.45, 7) is 7.13. The Morgan fingerprint density at radius 3 is 2.68 bits per heavy atom. The van der Waals surface area contributed by atoms with Crippen molar-refractivity contribution in [3.8, 4) is 5.75 Å². The van der Waals surface area contributed by atoms with Crippen molar-refractivity contribution in [3.05, 3.63) is 71.4 Å². The van der Waals surface area contributed by atoms with Crippen LogP contribution in [0.4, 0.5) is 0 Å². The summed E-state index contributed by atoms with van der Waals surface area (Å²) in [4.78, 5) is 9.29. The minimum atomic E-state index is 0. The van der Waals surface area contributed by atoms with Crippen LogP contribution >= 0.6 is 24.0 Å². The van der Waals surface area contributed by atoms with Gasteiger partial charge in [-0.05, 0) is 37.1 Å². The summed E-state index contributed by atoms with van der Waals surface area (Å²) < 4.78 is 11.0. The predicted molar refractivity (Wildman–Crippen MR) is 137 cm³/mol. The Hall–Kier alpha value is -2.39. The summed E-state index contributed by atoms with van der Waals surface area (Å²) in [6.07, 6.45) is 1.83. The molecule has 2 N–H and O–H groups in total. The maximum Gasteiger partial charge on any atom is 0.191 e. The Morgan fingerprint density at radius 2 is 1.87 bits per heavy atom. The first kappa shape index (κ1) is 24.9. The van der Waals surface area contributed by atoms with Crippen LogP contribution < -0.4 is 15.4 Å². The highest BCUT2D eigenvalue weighted by Crippen LogP contribution is 2.21. The fourth-order valence-electron chi connectivity index (χ4n) is 3.16. The number of fused-ring (bicyclic) bond motifs is 1. The molecular weight excluding hydrogens is 503 g/mol. The van der Waals surface area contributed by atoms with Gasteiger partial charge in [-0.25, -0.2) is 4.99 Å². The van der Waals surface area contributed by atoms with Crippen molar-refractivity contribution in [1.29, 1.82) is 0 Å². The second-order valence-electron chi connectivity index (χ2n) is 6.99. The molecule has 0 spiro atoms. The highest BCUT2D eigenvalue weighted by molar-refractivity contribution is 14.0. The number of hydrogen-bond acceptors (Lipinski definition) is 4. The van der Waals surface area contributed by atoms with E-state index in [1.807, 2.05) is 18.3 Å². The second kappa shape index (κ2) is 13.1. The van der Waals surface area contributed by atoms with E-state index in [9.17, 15) is 0 Å². The smallest absolute Gasteiger partial charge is 0.191 e. The summed E-state index contributed by atoms with van der Waals surface area (Å²) in [5.41, 5.74) is 4.35. The number of ether oxygens (including phenoxy) is 2. The quantitative estimate of drug-likeness (QED) is 0.184. The molecule has 1 aromatic heterocycles. The lowest BCUT2D eigenvalue weighted by Gasteiger charge is -2.14. The van der Waals surface area contributed by atoms with Crippen LogP contribution in [0, 0.1) is 6.92 Å². The molecular formula is C24H31IN4O2. The number of guanidine groups is 1. The number of hydrogen-bond donors (Lipinski definition) is 2. The number of rotatable bonds is 9. The molecule has 3 aromatic rings. The molecule has 0 fully saturated rings. The number of aromatic nitrogens is 1. The van der Waals surface area contributed by atoms with Gasteiger partial charge in [-0.2, -0.15) is 0 Å².